The molecule has 1 nitrogen and oxygen atoms in total. The second-order valence-electron chi connectivity index (χ2n) is 9.57. The quantitative estimate of drug-likeness (QED) is 0.242. The van der Waals surface area contributed by atoms with E-state index in [2.05, 4.69) is 18.8 Å². The van der Waals surface area contributed by atoms with Crippen LogP contribution in [0.15, 0.2) is 48.7 Å². The molecule has 0 bridgehead atoms. The van der Waals surface area contributed by atoms with E-state index in [-0.39, 0.29) is 16.5 Å². The van der Waals surface area contributed by atoms with Crippen molar-refractivity contribution in [1.29, 1.82) is 0 Å². The number of aryl methyl sites for hydroxylation is 2. The van der Waals surface area contributed by atoms with Gasteiger partial charge in [0.15, 0.2) is 0 Å². The van der Waals surface area contributed by atoms with Gasteiger partial charge in [-0.1, -0.05) is 50.2 Å². The summed E-state index contributed by atoms with van der Waals surface area (Å²) in [6, 6.07) is 13.1. The fraction of sp³-hybridized carbons (Fsp3) is 0.345. The molecule has 0 amide bonds. The molecule has 2 aromatic heterocycles. The number of aromatic nitrogens is 1. The van der Waals surface area contributed by atoms with Crippen molar-refractivity contribution in [2.45, 2.75) is 59.1 Å². The number of pyridine rings is 1. The van der Waals surface area contributed by atoms with Crippen LogP contribution in [-0.4, -0.2) is 4.98 Å². The van der Waals surface area contributed by atoms with Crippen molar-refractivity contribution >= 4 is 53.9 Å². The normalized spacial score (nSPS) is 22.5. The average molecular weight is 431 g/mol. The predicted molar refractivity (Wildman–Crippen MR) is 137 cm³/mol. The van der Waals surface area contributed by atoms with Crippen LogP contribution in [0.4, 0.5) is 0 Å². The molecule has 2 heteroatoms. The zero-order valence-corrected chi connectivity index (χ0v) is 18.6. The summed E-state index contributed by atoms with van der Waals surface area (Å²) in [6.07, 6.45) is 4.44. The highest BCUT2D eigenvalue weighted by Gasteiger charge is 2.30. The summed E-state index contributed by atoms with van der Waals surface area (Å²) in [6.45, 7) is -0.371. The maximum atomic E-state index is 9.49. The van der Waals surface area contributed by atoms with Crippen molar-refractivity contribution < 1.29 is 9.60 Å². The first-order valence-corrected chi connectivity index (χ1v) is 11.7. The van der Waals surface area contributed by atoms with Gasteiger partial charge in [-0.2, -0.15) is 0 Å². The Kier molecular flexibility index (Phi) is 2.88. The van der Waals surface area contributed by atoms with Gasteiger partial charge in [-0.05, 0) is 84.0 Å². The van der Waals surface area contributed by atoms with Crippen molar-refractivity contribution in [3.8, 4) is 0 Å². The third kappa shape index (κ3) is 2.84. The summed E-state index contributed by atoms with van der Waals surface area (Å²) < 4.78 is 60.6. The van der Waals surface area contributed by atoms with Gasteiger partial charge in [0.05, 0.1) is 5.52 Å². The Labute approximate surface area is 197 Å². The lowest BCUT2D eigenvalue weighted by Crippen LogP contribution is -2.20. The molecule has 0 unspecified atom stereocenters. The minimum atomic E-state index is -2.40. The van der Waals surface area contributed by atoms with Gasteiger partial charge in [-0.25, -0.2) is 0 Å². The van der Waals surface area contributed by atoms with E-state index in [1.807, 2.05) is 36.4 Å². The number of fused-ring (bicyclic) bond motifs is 8. The van der Waals surface area contributed by atoms with E-state index >= 15 is 0 Å². The van der Waals surface area contributed by atoms with Gasteiger partial charge in [-0.3, -0.25) is 4.98 Å². The van der Waals surface area contributed by atoms with Crippen LogP contribution in [0.5, 0.6) is 0 Å². The highest BCUT2D eigenvalue weighted by Crippen LogP contribution is 2.49. The van der Waals surface area contributed by atoms with Gasteiger partial charge in [-0.15, -0.1) is 11.3 Å². The van der Waals surface area contributed by atoms with Crippen LogP contribution >= 0.6 is 11.3 Å². The number of hydrogen-bond acceptors (Lipinski definition) is 2. The highest BCUT2D eigenvalue weighted by atomic mass is 32.1. The Morgan fingerprint density at radius 1 is 0.935 bits per heavy atom. The zero-order valence-electron chi connectivity index (χ0n) is 24.8. The Hall–Kier alpha value is -2.45. The smallest absolute Gasteiger partial charge is 0.0789 e. The first-order valence-electron chi connectivity index (χ1n) is 14.4. The van der Waals surface area contributed by atoms with Gasteiger partial charge < -0.3 is 0 Å². The van der Waals surface area contributed by atoms with Crippen LogP contribution in [0.1, 0.15) is 71.0 Å². The van der Waals surface area contributed by atoms with E-state index in [4.69, 9.17) is 8.22 Å². The third-order valence-corrected chi connectivity index (χ3v) is 8.38. The zero-order chi connectivity index (χ0) is 27.3. The molecule has 31 heavy (non-hydrogen) atoms. The van der Waals surface area contributed by atoms with Crippen LogP contribution < -0.4 is 0 Å². The largest absolute Gasteiger partial charge is 0.256 e. The van der Waals surface area contributed by atoms with Gasteiger partial charge in [0.2, 0.25) is 0 Å². The van der Waals surface area contributed by atoms with Gasteiger partial charge in [0, 0.05) is 41.5 Å². The summed E-state index contributed by atoms with van der Waals surface area (Å²) in [5.41, 5.74) is 1.18. The number of hydrogen-bond donors (Lipinski definition) is 0. The van der Waals surface area contributed by atoms with Crippen LogP contribution in [0.2, 0.25) is 0 Å². The fourth-order valence-corrected chi connectivity index (χ4v) is 6.54. The molecule has 5 aromatic rings. The minimum absolute atomic E-state index is 0.128. The molecule has 1 saturated carbocycles. The first-order chi connectivity index (χ1) is 17.7. The topological polar surface area (TPSA) is 12.9 Å². The van der Waals surface area contributed by atoms with Crippen LogP contribution in [0, 0.1) is 19.1 Å². The number of thiophene rings is 1. The fourth-order valence-electron chi connectivity index (χ4n) is 5.18. The predicted octanol–water partition coefficient (Wildman–Crippen LogP) is 9.06. The standard InChI is InChI=1S/C29H29NS/c1-17-13-16-30-26-23-8-6-5-7-21(23)22-10-9-20-18(2)27(31-28(20)25(22)24(17)26)19-11-14-29(3,4)15-12-19/h5-10,13,16,19H,11-12,14-15H2,1-4H3/i1D3,2D3,19D. The summed E-state index contributed by atoms with van der Waals surface area (Å²) >= 11 is 1.37. The molecule has 1 aliphatic carbocycles. The molecule has 156 valence electrons. The molecule has 6 rings (SSSR count). The average Bonchev–Trinajstić information content (AvgIpc) is 3.26. The summed E-state index contributed by atoms with van der Waals surface area (Å²) in [5.74, 6) is -0.993. The molecule has 3 aromatic carbocycles. The minimum Gasteiger partial charge on any atom is -0.256 e. The lowest BCUT2D eigenvalue weighted by atomic mass is 9.72. The maximum Gasteiger partial charge on any atom is 0.0789 e. The van der Waals surface area contributed by atoms with Crippen molar-refractivity contribution in [2.24, 2.45) is 5.41 Å². The van der Waals surface area contributed by atoms with Gasteiger partial charge in [0.1, 0.15) is 0 Å². The number of benzene rings is 3. The molecule has 0 aliphatic heterocycles. The lowest BCUT2D eigenvalue weighted by Gasteiger charge is -2.34. The number of rotatable bonds is 1. The van der Waals surface area contributed by atoms with Crippen molar-refractivity contribution in [2.75, 3.05) is 0 Å². The Bertz CT molecular complexity index is 1730. The van der Waals surface area contributed by atoms with Crippen molar-refractivity contribution in [3.05, 3.63) is 64.7 Å². The molecule has 0 radical (unpaired) electrons. The third-order valence-electron chi connectivity index (χ3n) is 7.06. The molecule has 0 saturated heterocycles. The molecule has 2 heterocycles. The first kappa shape index (κ1) is 13.2. The van der Waals surface area contributed by atoms with E-state index in [0.717, 1.165) is 39.1 Å². The van der Waals surface area contributed by atoms with Crippen LogP contribution in [0.3, 0.4) is 0 Å². The van der Waals surface area contributed by atoms with Gasteiger partial charge in [0.25, 0.3) is 0 Å². The molecular formula is C29H29NS. The second kappa shape index (κ2) is 6.77. The van der Waals surface area contributed by atoms with Gasteiger partial charge >= 0.3 is 0 Å². The monoisotopic (exact) mass is 430 g/mol. The SMILES string of the molecule is [2H]C([2H])([2H])c1c(C2([2H])CCC(C)(C)CC2)sc2c1ccc1c3ccccc3c3nccc(C([2H])([2H])[2H])c3c12. The Morgan fingerprint density at radius 3 is 2.48 bits per heavy atom. The molecular weight excluding hydrogens is 394 g/mol. The van der Waals surface area contributed by atoms with Crippen molar-refractivity contribution in [3.63, 3.8) is 0 Å². The number of nitrogens with zero attached hydrogens (tertiary/aromatic N) is 1. The van der Waals surface area contributed by atoms with Crippen molar-refractivity contribution in [1.82, 2.24) is 4.98 Å². The van der Waals surface area contributed by atoms with E-state index in [9.17, 15) is 1.37 Å². The van der Waals surface area contributed by atoms with Crippen LogP contribution in [0.25, 0.3) is 42.5 Å². The molecule has 0 N–H and O–H groups in total. The van der Waals surface area contributed by atoms with E-state index in [0.29, 0.717) is 34.0 Å². The van der Waals surface area contributed by atoms with Crippen LogP contribution in [-0.2, 0) is 0 Å². The molecule has 1 aliphatic rings. The Morgan fingerprint density at radius 2 is 1.71 bits per heavy atom. The molecule has 0 spiro atoms. The van der Waals surface area contributed by atoms with E-state index in [1.54, 1.807) is 12.3 Å². The molecule has 1 fully saturated rings. The maximum absolute atomic E-state index is 9.49. The molecule has 0 atom stereocenters. The van der Waals surface area contributed by atoms with E-state index in [1.165, 1.54) is 11.3 Å². The highest BCUT2D eigenvalue weighted by molar-refractivity contribution is 7.20. The lowest BCUT2D eigenvalue weighted by molar-refractivity contribution is 0.225. The van der Waals surface area contributed by atoms with E-state index < -0.39 is 19.6 Å². The second-order valence-corrected chi connectivity index (χ2v) is 10.6. The summed E-state index contributed by atoms with van der Waals surface area (Å²) in [7, 11) is 0. The summed E-state index contributed by atoms with van der Waals surface area (Å²) in [5, 5.41) is 4.52. The Balaban J connectivity index is 1.82. The summed E-state index contributed by atoms with van der Waals surface area (Å²) in [4.78, 5) is 5.24.